The number of hydrogen-bond donors (Lipinski definition) is 1. The number of ether oxygens (including phenoxy) is 1. The fraction of sp³-hybridized carbons (Fsp3) is 0.294. The number of anilines is 1. The molecule has 0 saturated heterocycles. The zero-order valence-corrected chi connectivity index (χ0v) is 16.6. The largest absolute Gasteiger partial charge is 0.497 e. The minimum atomic E-state index is -3.55. The lowest BCUT2D eigenvalue weighted by molar-refractivity contribution is -0.112. The van der Waals surface area contributed by atoms with Crippen molar-refractivity contribution in [1.82, 2.24) is 10.2 Å². The standard InChI is InChI=1S/C17H18N4O4S2/c1-11(2)10-27(23,24)17-21-20-16(26-17)19-15(22)13(9-18)8-12-4-6-14(25-3)7-5-12/h4-8,11H,10H2,1-3H3,(H,19,20,22). The van der Waals surface area contributed by atoms with Gasteiger partial charge >= 0.3 is 0 Å². The SMILES string of the molecule is COc1ccc(C=C(C#N)C(=O)Nc2nnc(S(=O)(=O)CC(C)C)s2)cc1. The number of methoxy groups -OCH3 is 1. The summed E-state index contributed by atoms with van der Waals surface area (Å²) in [5, 5.41) is 19.0. The van der Waals surface area contributed by atoms with Crippen molar-refractivity contribution in [2.24, 2.45) is 5.92 Å². The van der Waals surface area contributed by atoms with Crippen LogP contribution in [0.1, 0.15) is 19.4 Å². The van der Waals surface area contributed by atoms with Crippen LogP contribution in [-0.2, 0) is 14.6 Å². The molecule has 1 aromatic carbocycles. The van der Waals surface area contributed by atoms with Crippen LogP contribution >= 0.6 is 11.3 Å². The predicted molar refractivity (Wildman–Crippen MR) is 102 cm³/mol. The lowest BCUT2D eigenvalue weighted by Crippen LogP contribution is -2.13. The third-order valence-electron chi connectivity index (χ3n) is 3.24. The lowest BCUT2D eigenvalue weighted by atomic mass is 10.1. The molecule has 10 heteroatoms. The van der Waals surface area contributed by atoms with Crippen LogP contribution in [0.25, 0.3) is 6.08 Å². The van der Waals surface area contributed by atoms with Gasteiger partial charge in [0.2, 0.25) is 19.3 Å². The van der Waals surface area contributed by atoms with Crippen LogP contribution in [0.15, 0.2) is 34.2 Å². The maximum Gasteiger partial charge on any atom is 0.268 e. The summed E-state index contributed by atoms with van der Waals surface area (Å²) in [5.74, 6) is -0.165. The molecule has 0 aliphatic carbocycles. The first-order valence-electron chi connectivity index (χ1n) is 7.88. The van der Waals surface area contributed by atoms with Gasteiger partial charge in [-0.05, 0) is 29.7 Å². The summed E-state index contributed by atoms with van der Waals surface area (Å²) in [7, 11) is -2.01. The highest BCUT2D eigenvalue weighted by molar-refractivity contribution is 7.93. The topological polar surface area (TPSA) is 122 Å². The Morgan fingerprint density at radius 3 is 2.56 bits per heavy atom. The number of benzene rings is 1. The molecule has 1 heterocycles. The number of nitrogens with zero attached hydrogens (tertiary/aromatic N) is 3. The summed E-state index contributed by atoms with van der Waals surface area (Å²) in [4.78, 5) is 12.3. The molecule has 0 unspecified atom stereocenters. The Bertz CT molecular complexity index is 987. The Kier molecular flexibility index (Phi) is 6.65. The first-order valence-corrected chi connectivity index (χ1v) is 10.4. The monoisotopic (exact) mass is 406 g/mol. The molecule has 0 fully saturated rings. The van der Waals surface area contributed by atoms with Crippen molar-refractivity contribution < 1.29 is 17.9 Å². The summed E-state index contributed by atoms with van der Waals surface area (Å²) in [6.45, 7) is 3.56. The van der Waals surface area contributed by atoms with Crippen molar-refractivity contribution in [3.8, 4) is 11.8 Å². The van der Waals surface area contributed by atoms with Crippen molar-refractivity contribution in [3.05, 3.63) is 35.4 Å². The van der Waals surface area contributed by atoms with Gasteiger partial charge in [-0.25, -0.2) is 8.42 Å². The molecule has 142 valence electrons. The van der Waals surface area contributed by atoms with E-state index in [1.165, 1.54) is 13.2 Å². The van der Waals surface area contributed by atoms with E-state index in [1.54, 1.807) is 38.1 Å². The maximum absolute atomic E-state index is 12.3. The molecule has 27 heavy (non-hydrogen) atoms. The van der Waals surface area contributed by atoms with Crippen LogP contribution in [0, 0.1) is 17.2 Å². The number of aromatic nitrogens is 2. The molecule has 0 spiro atoms. The summed E-state index contributed by atoms with van der Waals surface area (Å²) >= 11 is 0.754. The van der Waals surface area contributed by atoms with E-state index in [2.05, 4.69) is 15.5 Å². The maximum atomic E-state index is 12.3. The second kappa shape index (κ2) is 8.75. The zero-order chi connectivity index (χ0) is 20.0. The van der Waals surface area contributed by atoms with Crippen molar-refractivity contribution in [2.75, 3.05) is 18.2 Å². The molecule has 0 aliphatic heterocycles. The number of hydrogen-bond acceptors (Lipinski definition) is 8. The van der Waals surface area contributed by atoms with Crippen LogP contribution in [0.3, 0.4) is 0 Å². The average Bonchev–Trinajstić information content (AvgIpc) is 3.08. The molecule has 2 aromatic rings. The first-order chi connectivity index (χ1) is 12.7. The Morgan fingerprint density at radius 1 is 1.33 bits per heavy atom. The molecule has 8 nitrogen and oxygen atoms in total. The highest BCUT2D eigenvalue weighted by Gasteiger charge is 2.22. The van der Waals surface area contributed by atoms with Gasteiger partial charge in [0.1, 0.15) is 17.4 Å². The van der Waals surface area contributed by atoms with Crippen molar-refractivity contribution in [3.63, 3.8) is 0 Å². The molecule has 0 aliphatic rings. The van der Waals surface area contributed by atoms with Gasteiger partial charge in [-0.15, -0.1) is 10.2 Å². The Balaban J connectivity index is 2.15. The first kappa shape index (κ1) is 20.5. The summed E-state index contributed by atoms with van der Waals surface area (Å²) in [6.07, 6.45) is 1.41. The van der Waals surface area contributed by atoms with Gasteiger partial charge in [0, 0.05) is 0 Å². The minimum Gasteiger partial charge on any atom is -0.497 e. The molecule has 1 aromatic heterocycles. The minimum absolute atomic E-state index is 0.0122. The van der Waals surface area contributed by atoms with E-state index in [0.29, 0.717) is 11.3 Å². The predicted octanol–water partition coefficient (Wildman–Crippen LogP) is 2.52. The van der Waals surface area contributed by atoms with E-state index in [1.807, 2.05) is 6.07 Å². The summed E-state index contributed by atoms with van der Waals surface area (Å²) in [6, 6.07) is 8.62. The van der Waals surface area contributed by atoms with Crippen molar-refractivity contribution >= 4 is 38.3 Å². The van der Waals surface area contributed by atoms with Gasteiger partial charge < -0.3 is 4.74 Å². The van der Waals surface area contributed by atoms with Gasteiger partial charge in [-0.1, -0.05) is 37.3 Å². The van der Waals surface area contributed by atoms with Crippen LogP contribution in [-0.4, -0.2) is 37.4 Å². The molecule has 0 saturated carbocycles. The highest BCUT2D eigenvalue weighted by atomic mass is 32.2. The molecule has 0 bridgehead atoms. The quantitative estimate of drug-likeness (QED) is 0.426. The fourth-order valence-corrected chi connectivity index (χ4v) is 4.68. The van der Waals surface area contributed by atoms with E-state index in [-0.39, 0.29) is 26.7 Å². The van der Waals surface area contributed by atoms with Gasteiger partial charge in [0.05, 0.1) is 12.9 Å². The van der Waals surface area contributed by atoms with Gasteiger partial charge in [-0.2, -0.15) is 5.26 Å². The van der Waals surface area contributed by atoms with E-state index < -0.39 is 15.7 Å². The highest BCUT2D eigenvalue weighted by Crippen LogP contribution is 2.23. The summed E-state index contributed by atoms with van der Waals surface area (Å²) in [5.41, 5.74) is 0.488. The lowest BCUT2D eigenvalue weighted by Gasteiger charge is -2.02. The molecule has 1 amide bonds. The Morgan fingerprint density at radius 2 is 2.00 bits per heavy atom. The number of amides is 1. The third kappa shape index (κ3) is 5.60. The number of rotatable bonds is 7. The van der Waals surface area contributed by atoms with Gasteiger partial charge in [-0.3, -0.25) is 10.1 Å². The van der Waals surface area contributed by atoms with E-state index in [0.717, 1.165) is 11.3 Å². The van der Waals surface area contributed by atoms with Gasteiger partial charge in [0.15, 0.2) is 0 Å². The second-order valence-corrected chi connectivity index (χ2v) is 9.13. The van der Waals surface area contributed by atoms with Crippen LogP contribution < -0.4 is 10.1 Å². The number of nitriles is 1. The third-order valence-corrected chi connectivity index (χ3v) is 6.60. The fourth-order valence-electron chi connectivity index (χ4n) is 2.08. The van der Waals surface area contributed by atoms with Crippen molar-refractivity contribution in [1.29, 1.82) is 5.26 Å². The van der Waals surface area contributed by atoms with Gasteiger partial charge in [0.25, 0.3) is 5.91 Å². The second-order valence-electron chi connectivity index (χ2n) is 5.95. The summed E-state index contributed by atoms with van der Waals surface area (Å²) < 4.78 is 29.2. The number of carbonyl (C=O) groups is 1. The zero-order valence-electron chi connectivity index (χ0n) is 15.0. The Labute approximate surface area is 161 Å². The van der Waals surface area contributed by atoms with Crippen molar-refractivity contribution in [2.45, 2.75) is 18.2 Å². The number of carbonyl (C=O) groups excluding carboxylic acids is 1. The number of sulfone groups is 1. The normalized spacial score (nSPS) is 11.9. The molecule has 0 radical (unpaired) electrons. The van der Waals surface area contributed by atoms with Crippen LogP contribution in [0.4, 0.5) is 5.13 Å². The molecular formula is C17H18N4O4S2. The molecule has 0 atom stereocenters. The molecule has 2 rings (SSSR count). The molecule has 1 N–H and O–H groups in total. The average molecular weight is 406 g/mol. The van der Waals surface area contributed by atoms with Crippen LogP contribution in [0.5, 0.6) is 5.75 Å². The van der Waals surface area contributed by atoms with E-state index in [4.69, 9.17) is 4.74 Å². The number of nitrogens with one attached hydrogen (secondary N) is 1. The van der Waals surface area contributed by atoms with Crippen LogP contribution in [0.2, 0.25) is 0 Å². The van der Waals surface area contributed by atoms with E-state index >= 15 is 0 Å². The van der Waals surface area contributed by atoms with E-state index in [9.17, 15) is 18.5 Å². The molecular weight excluding hydrogens is 388 g/mol. The Hall–Kier alpha value is -2.77. The smallest absolute Gasteiger partial charge is 0.268 e.